The first-order valence-corrected chi connectivity index (χ1v) is 7.78. The highest BCUT2D eigenvalue weighted by Crippen LogP contribution is 2.29. The summed E-state index contributed by atoms with van der Waals surface area (Å²) in [5.74, 6) is 1.50. The Kier molecular flexibility index (Phi) is 4.19. The van der Waals surface area contributed by atoms with Crippen LogP contribution in [0.15, 0.2) is 6.07 Å². The molecule has 20 heavy (non-hydrogen) atoms. The van der Waals surface area contributed by atoms with Gasteiger partial charge in [0.25, 0.3) is 0 Å². The lowest BCUT2D eigenvalue weighted by Crippen LogP contribution is -2.31. The van der Waals surface area contributed by atoms with Crippen molar-refractivity contribution < 1.29 is 0 Å². The topological polar surface area (TPSA) is 37.8 Å². The maximum absolute atomic E-state index is 4.89. The lowest BCUT2D eigenvalue weighted by Gasteiger charge is -2.27. The van der Waals surface area contributed by atoms with Gasteiger partial charge in [-0.1, -0.05) is 41.5 Å². The Morgan fingerprint density at radius 3 is 1.95 bits per heavy atom. The molecule has 0 aromatic carbocycles. The van der Waals surface area contributed by atoms with Gasteiger partial charge in [-0.2, -0.15) is 0 Å². The minimum Gasteiger partial charge on any atom is -0.316 e. The average molecular weight is 275 g/mol. The van der Waals surface area contributed by atoms with Crippen LogP contribution in [0.2, 0.25) is 0 Å². The van der Waals surface area contributed by atoms with E-state index in [0.717, 1.165) is 30.3 Å². The Morgan fingerprint density at radius 1 is 1.00 bits per heavy atom. The van der Waals surface area contributed by atoms with E-state index in [-0.39, 0.29) is 10.8 Å². The smallest absolute Gasteiger partial charge is 0.133 e. The van der Waals surface area contributed by atoms with Crippen LogP contribution in [0.5, 0.6) is 0 Å². The number of nitrogens with zero attached hydrogens (tertiary/aromatic N) is 2. The summed E-state index contributed by atoms with van der Waals surface area (Å²) in [6.07, 6.45) is 2.42. The Morgan fingerprint density at radius 2 is 1.55 bits per heavy atom. The molecule has 0 spiro atoms. The number of aromatic nitrogens is 2. The zero-order valence-corrected chi connectivity index (χ0v) is 13.9. The minimum absolute atomic E-state index is 0.0692. The summed E-state index contributed by atoms with van der Waals surface area (Å²) in [6.45, 7) is 15.5. The van der Waals surface area contributed by atoms with Gasteiger partial charge in [0, 0.05) is 34.7 Å². The highest BCUT2D eigenvalue weighted by Gasteiger charge is 2.26. The lowest BCUT2D eigenvalue weighted by atomic mass is 9.86. The van der Waals surface area contributed by atoms with E-state index in [0.29, 0.717) is 5.92 Å². The van der Waals surface area contributed by atoms with Crippen molar-refractivity contribution in [3.8, 4) is 0 Å². The average Bonchev–Trinajstić information content (AvgIpc) is 2.37. The molecule has 1 aromatic rings. The second-order valence-corrected chi connectivity index (χ2v) is 8.04. The van der Waals surface area contributed by atoms with Crippen molar-refractivity contribution in [3.63, 3.8) is 0 Å². The second kappa shape index (κ2) is 5.44. The Labute approximate surface area is 123 Å². The van der Waals surface area contributed by atoms with Crippen molar-refractivity contribution in [2.45, 2.75) is 71.1 Å². The molecular weight excluding hydrogens is 246 g/mol. The summed E-state index contributed by atoms with van der Waals surface area (Å²) < 4.78 is 0. The molecule has 1 atom stereocenters. The van der Waals surface area contributed by atoms with Gasteiger partial charge in [0.15, 0.2) is 0 Å². The maximum atomic E-state index is 4.89. The number of hydrogen-bond donors (Lipinski definition) is 1. The summed E-state index contributed by atoms with van der Waals surface area (Å²) >= 11 is 0. The first-order chi connectivity index (χ1) is 9.18. The van der Waals surface area contributed by atoms with Crippen LogP contribution >= 0.6 is 0 Å². The molecule has 3 heteroatoms. The van der Waals surface area contributed by atoms with E-state index in [2.05, 4.69) is 52.9 Å². The molecule has 2 rings (SSSR count). The van der Waals surface area contributed by atoms with Crippen molar-refractivity contribution in [1.29, 1.82) is 0 Å². The molecule has 0 amide bonds. The van der Waals surface area contributed by atoms with Gasteiger partial charge in [-0.05, 0) is 25.5 Å². The summed E-state index contributed by atoms with van der Waals surface area (Å²) in [4.78, 5) is 9.78. The van der Waals surface area contributed by atoms with Gasteiger partial charge in [0.2, 0.25) is 0 Å². The molecule has 1 N–H and O–H groups in total. The van der Waals surface area contributed by atoms with E-state index in [1.807, 2.05) is 0 Å². The molecule has 0 radical (unpaired) electrons. The van der Waals surface area contributed by atoms with Crippen molar-refractivity contribution in [1.82, 2.24) is 15.3 Å². The fourth-order valence-corrected chi connectivity index (χ4v) is 2.49. The van der Waals surface area contributed by atoms with E-state index >= 15 is 0 Å². The first kappa shape index (κ1) is 15.4. The molecule has 112 valence electrons. The molecule has 1 fully saturated rings. The molecule has 1 unspecified atom stereocenters. The summed E-state index contributed by atoms with van der Waals surface area (Å²) in [6, 6.07) is 2.19. The molecule has 3 nitrogen and oxygen atoms in total. The van der Waals surface area contributed by atoms with Crippen molar-refractivity contribution in [2.24, 2.45) is 0 Å². The zero-order chi connectivity index (χ0) is 15.0. The predicted molar refractivity (Wildman–Crippen MR) is 84.3 cm³/mol. The molecule has 1 aliphatic rings. The zero-order valence-electron chi connectivity index (χ0n) is 13.9. The van der Waals surface area contributed by atoms with E-state index in [1.54, 1.807) is 0 Å². The van der Waals surface area contributed by atoms with Gasteiger partial charge in [0.05, 0.1) is 0 Å². The van der Waals surface area contributed by atoms with Crippen LogP contribution in [0.4, 0.5) is 0 Å². The highest BCUT2D eigenvalue weighted by molar-refractivity contribution is 5.24. The SMILES string of the molecule is CC(C)(C)c1cc(C(C)(C)C)nc(C2CCCNC2)n1. The van der Waals surface area contributed by atoms with Gasteiger partial charge in [-0.25, -0.2) is 9.97 Å². The van der Waals surface area contributed by atoms with Gasteiger partial charge in [-0.15, -0.1) is 0 Å². The molecule has 1 saturated heterocycles. The van der Waals surface area contributed by atoms with Crippen molar-refractivity contribution in [2.75, 3.05) is 13.1 Å². The van der Waals surface area contributed by atoms with Gasteiger partial charge < -0.3 is 5.32 Å². The second-order valence-electron chi connectivity index (χ2n) is 8.04. The van der Waals surface area contributed by atoms with E-state index < -0.39 is 0 Å². The number of piperidine rings is 1. The maximum Gasteiger partial charge on any atom is 0.133 e. The van der Waals surface area contributed by atoms with Gasteiger partial charge in [0.1, 0.15) is 5.82 Å². The molecular formula is C17H29N3. The van der Waals surface area contributed by atoms with E-state index in [4.69, 9.17) is 9.97 Å². The Balaban J connectivity index is 2.45. The number of rotatable bonds is 1. The van der Waals surface area contributed by atoms with E-state index in [9.17, 15) is 0 Å². The quantitative estimate of drug-likeness (QED) is 0.852. The predicted octanol–water partition coefficient (Wildman–Crippen LogP) is 3.54. The Hall–Kier alpha value is -0.960. The molecule has 0 bridgehead atoms. The Bertz CT molecular complexity index is 428. The van der Waals surface area contributed by atoms with Crippen LogP contribution in [0.1, 0.15) is 77.5 Å². The van der Waals surface area contributed by atoms with Crippen LogP contribution in [0.25, 0.3) is 0 Å². The molecule has 0 saturated carbocycles. The van der Waals surface area contributed by atoms with Crippen LogP contribution in [0.3, 0.4) is 0 Å². The largest absolute Gasteiger partial charge is 0.316 e. The van der Waals surface area contributed by atoms with E-state index in [1.165, 1.54) is 12.8 Å². The number of nitrogens with one attached hydrogen (secondary N) is 1. The molecule has 1 aliphatic heterocycles. The lowest BCUT2D eigenvalue weighted by molar-refractivity contribution is 0.435. The van der Waals surface area contributed by atoms with Gasteiger partial charge >= 0.3 is 0 Å². The minimum atomic E-state index is 0.0692. The third-order valence-electron chi connectivity index (χ3n) is 3.94. The molecule has 1 aromatic heterocycles. The van der Waals surface area contributed by atoms with Crippen molar-refractivity contribution in [3.05, 3.63) is 23.3 Å². The van der Waals surface area contributed by atoms with Gasteiger partial charge in [-0.3, -0.25) is 0 Å². The first-order valence-electron chi connectivity index (χ1n) is 7.78. The van der Waals surface area contributed by atoms with Crippen LogP contribution in [-0.4, -0.2) is 23.1 Å². The van der Waals surface area contributed by atoms with Crippen LogP contribution in [0, 0.1) is 0 Å². The molecule has 2 heterocycles. The third-order valence-corrected chi connectivity index (χ3v) is 3.94. The summed E-state index contributed by atoms with van der Waals surface area (Å²) in [5, 5.41) is 3.47. The molecule has 0 aliphatic carbocycles. The monoisotopic (exact) mass is 275 g/mol. The fraction of sp³-hybridized carbons (Fsp3) is 0.765. The number of hydrogen-bond acceptors (Lipinski definition) is 3. The van der Waals surface area contributed by atoms with Crippen molar-refractivity contribution >= 4 is 0 Å². The summed E-state index contributed by atoms with van der Waals surface area (Å²) in [5.41, 5.74) is 2.47. The normalized spacial score (nSPS) is 21.0. The fourth-order valence-electron chi connectivity index (χ4n) is 2.49. The van der Waals surface area contributed by atoms with Crippen LogP contribution in [-0.2, 0) is 10.8 Å². The highest BCUT2D eigenvalue weighted by atomic mass is 15.0. The standard InChI is InChI=1S/C17H29N3/c1-16(2,3)13-10-14(17(4,5)6)20-15(19-13)12-8-7-9-18-11-12/h10,12,18H,7-9,11H2,1-6H3. The summed E-state index contributed by atoms with van der Waals surface area (Å²) in [7, 11) is 0. The third kappa shape index (κ3) is 3.57. The van der Waals surface area contributed by atoms with Crippen LogP contribution < -0.4 is 5.32 Å².